The Morgan fingerprint density at radius 1 is 1.21 bits per heavy atom. The van der Waals surface area contributed by atoms with Crippen LogP contribution in [0.5, 0.6) is 0 Å². The van der Waals surface area contributed by atoms with Crippen LogP contribution in [-0.2, 0) is 0 Å². The Balaban J connectivity index is 1.98. The molecule has 19 heavy (non-hydrogen) atoms. The minimum absolute atomic E-state index is 0.553. The van der Waals surface area contributed by atoms with Gasteiger partial charge in [0, 0.05) is 11.8 Å². The van der Waals surface area contributed by atoms with Crippen molar-refractivity contribution in [3.05, 3.63) is 48.4 Å². The average molecular weight is 250 g/mol. The number of fused-ring (bicyclic) bond motifs is 1. The fourth-order valence-electron chi connectivity index (χ4n) is 1.82. The van der Waals surface area contributed by atoms with Gasteiger partial charge in [-0.1, -0.05) is 0 Å². The summed E-state index contributed by atoms with van der Waals surface area (Å²) in [5, 5.41) is 12.1. The predicted molar refractivity (Wildman–Crippen MR) is 72.9 cm³/mol. The number of aromatic nitrogens is 1. The molecule has 3 rings (SSSR count). The molecule has 0 unspecified atom stereocenters. The molecule has 0 radical (unpaired) electrons. The van der Waals surface area contributed by atoms with Crippen molar-refractivity contribution < 1.29 is 4.42 Å². The van der Waals surface area contributed by atoms with Crippen molar-refractivity contribution in [1.29, 1.82) is 5.26 Å². The molecule has 0 amide bonds. The summed E-state index contributed by atoms with van der Waals surface area (Å²) in [6.45, 7) is 0. The molecule has 0 bridgehead atoms. The highest BCUT2D eigenvalue weighted by molar-refractivity contribution is 5.81. The molecular formula is C14H10N4O. The summed E-state index contributed by atoms with van der Waals surface area (Å²) < 4.78 is 5.24. The van der Waals surface area contributed by atoms with E-state index >= 15 is 0 Å². The second-order valence-corrected chi connectivity index (χ2v) is 4.07. The molecule has 0 atom stereocenters. The van der Waals surface area contributed by atoms with Crippen LogP contribution >= 0.6 is 0 Å². The van der Waals surface area contributed by atoms with Crippen LogP contribution in [0.2, 0.25) is 0 Å². The standard InChI is InChI=1S/C14H10N4O/c15-7-9-1-3-11(16)13(5-9)18-10-2-4-12-14(6-10)19-8-17-12/h1-6,8,18H,16H2. The van der Waals surface area contributed by atoms with Gasteiger partial charge in [-0.3, -0.25) is 0 Å². The zero-order valence-electron chi connectivity index (χ0n) is 9.92. The van der Waals surface area contributed by atoms with E-state index in [2.05, 4.69) is 16.4 Å². The Bertz CT molecular complexity index is 785. The van der Waals surface area contributed by atoms with E-state index in [9.17, 15) is 0 Å². The fourth-order valence-corrected chi connectivity index (χ4v) is 1.82. The molecule has 3 aromatic rings. The maximum Gasteiger partial charge on any atom is 0.181 e. The van der Waals surface area contributed by atoms with Crippen molar-refractivity contribution in [3.63, 3.8) is 0 Å². The highest BCUT2D eigenvalue weighted by atomic mass is 16.3. The number of nitrogen functional groups attached to an aromatic ring is 1. The Morgan fingerprint density at radius 3 is 2.95 bits per heavy atom. The third kappa shape index (κ3) is 2.07. The molecule has 5 nitrogen and oxygen atoms in total. The molecule has 5 heteroatoms. The Hall–Kier alpha value is -3.00. The van der Waals surface area contributed by atoms with E-state index in [0.29, 0.717) is 22.5 Å². The molecule has 0 aliphatic rings. The summed E-state index contributed by atoms with van der Waals surface area (Å²) in [4.78, 5) is 4.05. The van der Waals surface area contributed by atoms with E-state index in [1.807, 2.05) is 18.2 Å². The topological polar surface area (TPSA) is 87.9 Å². The van der Waals surface area contributed by atoms with E-state index in [-0.39, 0.29) is 0 Å². The first-order valence-electron chi connectivity index (χ1n) is 5.66. The minimum atomic E-state index is 0.553. The predicted octanol–water partition coefficient (Wildman–Crippen LogP) is 3.03. The summed E-state index contributed by atoms with van der Waals surface area (Å²) in [6, 6.07) is 12.7. The monoisotopic (exact) mass is 250 g/mol. The van der Waals surface area contributed by atoms with E-state index < -0.39 is 0 Å². The van der Waals surface area contributed by atoms with Gasteiger partial charge < -0.3 is 15.5 Å². The number of nitrogens with zero attached hydrogens (tertiary/aromatic N) is 2. The van der Waals surface area contributed by atoms with Gasteiger partial charge in [0.25, 0.3) is 0 Å². The quantitative estimate of drug-likeness (QED) is 0.682. The number of hydrogen-bond donors (Lipinski definition) is 2. The maximum atomic E-state index is 8.89. The minimum Gasteiger partial charge on any atom is -0.443 e. The van der Waals surface area contributed by atoms with Gasteiger partial charge in [-0.05, 0) is 30.3 Å². The summed E-state index contributed by atoms with van der Waals surface area (Å²) in [5.41, 5.74) is 10.0. The van der Waals surface area contributed by atoms with Gasteiger partial charge >= 0.3 is 0 Å². The van der Waals surface area contributed by atoms with Gasteiger partial charge in [-0.15, -0.1) is 0 Å². The number of oxazole rings is 1. The molecule has 0 saturated heterocycles. The van der Waals surface area contributed by atoms with E-state index in [1.165, 1.54) is 6.39 Å². The number of nitriles is 1. The zero-order chi connectivity index (χ0) is 13.2. The molecule has 0 aliphatic carbocycles. The molecule has 1 aromatic heterocycles. The lowest BCUT2D eigenvalue weighted by atomic mass is 10.2. The Kier molecular flexibility index (Phi) is 2.54. The van der Waals surface area contributed by atoms with Gasteiger partial charge in [-0.25, -0.2) is 4.98 Å². The fraction of sp³-hybridized carbons (Fsp3) is 0. The average Bonchev–Trinajstić information content (AvgIpc) is 2.89. The van der Waals surface area contributed by atoms with Crippen molar-refractivity contribution >= 4 is 28.2 Å². The number of anilines is 3. The SMILES string of the molecule is N#Cc1ccc(N)c(Nc2ccc3ncoc3c2)c1. The number of benzene rings is 2. The van der Waals surface area contributed by atoms with E-state index in [0.717, 1.165) is 11.2 Å². The lowest BCUT2D eigenvalue weighted by Crippen LogP contribution is -1.96. The van der Waals surface area contributed by atoms with Crippen LogP contribution in [0.4, 0.5) is 17.1 Å². The second kappa shape index (κ2) is 4.35. The smallest absolute Gasteiger partial charge is 0.181 e. The van der Waals surface area contributed by atoms with Crippen LogP contribution in [-0.4, -0.2) is 4.98 Å². The molecule has 92 valence electrons. The number of hydrogen-bond acceptors (Lipinski definition) is 5. The summed E-state index contributed by atoms with van der Waals surface area (Å²) >= 11 is 0. The summed E-state index contributed by atoms with van der Waals surface area (Å²) in [5.74, 6) is 0. The normalized spacial score (nSPS) is 10.3. The van der Waals surface area contributed by atoms with Crippen LogP contribution in [0.1, 0.15) is 5.56 Å². The highest BCUT2D eigenvalue weighted by Gasteiger charge is 2.04. The molecule has 3 N–H and O–H groups in total. The number of nitrogens with one attached hydrogen (secondary N) is 1. The molecule has 0 spiro atoms. The first kappa shape index (κ1) is 11.1. The molecule has 2 aromatic carbocycles. The van der Waals surface area contributed by atoms with Gasteiger partial charge in [-0.2, -0.15) is 5.26 Å². The second-order valence-electron chi connectivity index (χ2n) is 4.07. The van der Waals surface area contributed by atoms with Crippen molar-refractivity contribution in [3.8, 4) is 6.07 Å². The molecule has 0 saturated carbocycles. The first-order chi connectivity index (χ1) is 9.26. The number of nitrogens with two attached hydrogens (primary N) is 1. The zero-order valence-corrected chi connectivity index (χ0v) is 9.92. The largest absolute Gasteiger partial charge is 0.443 e. The summed E-state index contributed by atoms with van der Waals surface area (Å²) in [7, 11) is 0. The van der Waals surface area contributed by atoms with Crippen molar-refractivity contribution in [2.45, 2.75) is 0 Å². The van der Waals surface area contributed by atoms with Crippen LogP contribution in [0.15, 0.2) is 47.2 Å². The Labute approximate surface area is 109 Å². The molecular weight excluding hydrogens is 240 g/mol. The molecule has 0 aliphatic heterocycles. The third-order valence-corrected chi connectivity index (χ3v) is 2.79. The van der Waals surface area contributed by atoms with Crippen LogP contribution in [0, 0.1) is 11.3 Å². The highest BCUT2D eigenvalue weighted by Crippen LogP contribution is 2.26. The first-order valence-corrected chi connectivity index (χ1v) is 5.66. The van der Waals surface area contributed by atoms with Crippen LogP contribution < -0.4 is 11.1 Å². The van der Waals surface area contributed by atoms with Gasteiger partial charge in [0.15, 0.2) is 12.0 Å². The molecule has 1 heterocycles. The van der Waals surface area contributed by atoms with Gasteiger partial charge in [0.05, 0.1) is 23.0 Å². The Morgan fingerprint density at radius 2 is 2.11 bits per heavy atom. The lowest BCUT2D eigenvalue weighted by Gasteiger charge is -2.09. The third-order valence-electron chi connectivity index (χ3n) is 2.79. The maximum absolute atomic E-state index is 8.89. The van der Waals surface area contributed by atoms with Crippen molar-refractivity contribution in [1.82, 2.24) is 4.98 Å². The van der Waals surface area contributed by atoms with Gasteiger partial charge in [0.2, 0.25) is 0 Å². The lowest BCUT2D eigenvalue weighted by molar-refractivity contribution is 0.602. The van der Waals surface area contributed by atoms with Crippen molar-refractivity contribution in [2.24, 2.45) is 0 Å². The summed E-state index contributed by atoms with van der Waals surface area (Å²) in [6.07, 6.45) is 1.40. The van der Waals surface area contributed by atoms with E-state index in [1.54, 1.807) is 18.2 Å². The van der Waals surface area contributed by atoms with E-state index in [4.69, 9.17) is 15.4 Å². The molecule has 0 fully saturated rings. The van der Waals surface area contributed by atoms with Gasteiger partial charge in [0.1, 0.15) is 5.52 Å². The van der Waals surface area contributed by atoms with Crippen LogP contribution in [0.3, 0.4) is 0 Å². The van der Waals surface area contributed by atoms with Crippen LogP contribution in [0.25, 0.3) is 11.1 Å². The van der Waals surface area contributed by atoms with Crippen molar-refractivity contribution in [2.75, 3.05) is 11.1 Å². The number of rotatable bonds is 2.